The van der Waals surface area contributed by atoms with Gasteiger partial charge in [0.05, 0.1) is 16.1 Å². The largest absolute Gasteiger partial charge is 0.357 e. The van der Waals surface area contributed by atoms with Crippen molar-refractivity contribution in [3.8, 4) is 0 Å². The van der Waals surface area contributed by atoms with Crippen molar-refractivity contribution in [1.29, 1.82) is 0 Å². The summed E-state index contributed by atoms with van der Waals surface area (Å²) in [4.78, 5) is 11.2. The molecule has 0 saturated heterocycles. The third kappa shape index (κ3) is 4.24. The van der Waals surface area contributed by atoms with Gasteiger partial charge in [0.25, 0.3) is 0 Å². The number of carbonyl (C=O) groups is 1. The molecule has 5 nitrogen and oxygen atoms in total. The highest BCUT2D eigenvalue weighted by molar-refractivity contribution is 9.09. The number of carbonyl (C=O) groups excluding carboxylic acids is 1. The van der Waals surface area contributed by atoms with Gasteiger partial charge in [-0.3, -0.25) is 5.43 Å². The van der Waals surface area contributed by atoms with Gasteiger partial charge in [-0.2, -0.15) is 4.03 Å². The maximum absolute atomic E-state index is 11.2. The molecule has 0 bridgehead atoms. The van der Waals surface area contributed by atoms with Crippen LogP contribution in [0.1, 0.15) is 6.92 Å². The van der Waals surface area contributed by atoms with Crippen molar-refractivity contribution >= 4 is 38.3 Å². The van der Waals surface area contributed by atoms with E-state index in [0.29, 0.717) is 6.54 Å². The van der Waals surface area contributed by atoms with E-state index in [9.17, 15) is 4.79 Å². The number of amides is 2. The molecule has 0 saturated carbocycles. The van der Waals surface area contributed by atoms with Crippen molar-refractivity contribution < 1.29 is 4.79 Å². The molecular formula is C5H12Br2N4O. The fraction of sp³-hybridized carbons (Fsp3) is 0.800. The molecule has 0 heterocycles. The van der Waals surface area contributed by atoms with Crippen LogP contribution in [0.15, 0.2) is 0 Å². The van der Waals surface area contributed by atoms with Gasteiger partial charge in [-0.25, -0.2) is 9.80 Å². The quantitative estimate of drug-likeness (QED) is 0.631. The number of hydrazine groups is 2. The number of nitrogens with one attached hydrogen (secondary N) is 1. The van der Waals surface area contributed by atoms with E-state index in [0.717, 1.165) is 0 Å². The molecule has 0 aromatic rings. The first-order valence-electron chi connectivity index (χ1n) is 3.36. The lowest BCUT2D eigenvalue weighted by Crippen LogP contribution is -2.45. The molecule has 0 unspecified atom stereocenters. The van der Waals surface area contributed by atoms with E-state index in [1.165, 1.54) is 4.03 Å². The zero-order chi connectivity index (χ0) is 9.72. The minimum absolute atomic E-state index is 0.265. The van der Waals surface area contributed by atoms with E-state index in [1.54, 1.807) is 23.1 Å². The molecule has 0 spiro atoms. The van der Waals surface area contributed by atoms with Crippen LogP contribution < -0.4 is 5.43 Å². The monoisotopic (exact) mass is 302 g/mol. The van der Waals surface area contributed by atoms with Gasteiger partial charge in [0.15, 0.2) is 0 Å². The van der Waals surface area contributed by atoms with Gasteiger partial charge in [-0.15, -0.1) is 4.03 Å². The molecule has 12 heavy (non-hydrogen) atoms. The molecule has 0 aliphatic rings. The van der Waals surface area contributed by atoms with Gasteiger partial charge in [0.2, 0.25) is 0 Å². The van der Waals surface area contributed by atoms with Crippen LogP contribution >= 0.6 is 32.3 Å². The number of rotatable bonds is 3. The average molecular weight is 304 g/mol. The van der Waals surface area contributed by atoms with Crippen molar-refractivity contribution in [2.75, 3.05) is 20.6 Å². The van der Waals surface area contributed by atoms with E-state index in [2.05, 4.69) is 37.7 Å². The highest BCUT2D eigenvalue weighted by Gasteiger charge is 2.15. The molecule has 0 fully saturated rings. The van der Waals surface area contributed by atoms with Crippen LogP contribution in [0.4, 0.5) is 4.79 Å². The van der Waals surface area contributed by atoms with Gasteiger partial charge in [0.1, 0.15) is 0 Å². The third-order valence-corrected chi connectivity index (χ3v) is 2.89. The Morgan fingerprint density at radius 3 is 2.25 bits per heavy atom. The van der Waals surface area contributed by atoms with Crippen LogP contribution in [0.25, 0.3) is 0 Å². The molecule has 0 atom stereocenters. The van der Waals surface area contributed by atoms with Crippen LogP contribution in [0, 0.1) is 0 Å². The van der Waals surface area contributed by atoms with Crippen molar-refractivity contribution in [1.82, 2.24) is 18.5 Å². The van der Waals surface area contributed by atoms with Crippen LogP contribution in [-0.2, 0) is 0 Å². The molecule has 7 heteroatoms. The third-order valence-electron chi connectivity index (χ3n) is 0.938. The molecule has 0 aromatic carbocycles. The first-order chi connectivity index (χ1) is 5.49. The van der Waals surface area contributed by atoms with Crippen LogP contribution in [-0.4, -0.2) is 39.8 Å². The normalized spacial score (nSPS) is 10.6. The molecule has 0 aliphatic carbocycles. The SMILES string of the molecule is CCN(Br)N(Br)C(=O)NN(C)C. The maximum atomic E-state index is 11.2. The summed E-state index contributed by atoms with van der Waals surface area (Å²) in [6.45, 7) is 2.58. The Balaban J connectivity index is 3.92. The Morgan fingerprint density at radius 2 is 1.92 bits per heavy atom. The molecule has 0 aliphatic heterocycles. The van der Waals surface area contributed by atoms with Crippen LogP contribution in [0.3, 0.4) is 0 Å². The summed E-state index contributed by atoms with van der Waals surface area (Å²) in [6.07, 6.45) is 0. The second kappa shape index (κ2) is 5.74. The summed E-state index contributed by atoms with van der Waals surface area (Å²) in [6, 6.07) is -0.265. The summed E-state index contributed by atoms with van der Waals surface area (Å²) >= 11 is 6.24. The van der Waals surface area contributed by atoms with Gasteiger partial charge < -0.3 is 0 Å². The molecule has 1 N–H and O–H groups in total. The molecule has 0 rings (SSSR count). The second-order valence-corrected chi connectivity index (χ2v) is 3.71. The minimum Gasteiger partial charge on any atom is -0.269 e. The van der Waals surface area contributed by atoms with Gasteiger partial charge in [-0.1, -0.05) is 0 Å². The summed E-state index contributed by atoms with van der Waals surface area (Å²) < 4.78 is 2.80. The van der Waals surface area contributed by atoms with Crippen LogP contribution in [0.5, 0.6) is 0 Å². The fourth-order valence-electron chi connectivity index (χ4n) is 0.455. The Morgan fingerprint density at radius 1 is 1.42 bits per heavy atom. The lowest BCUT2D eigenvalue weighted by molar-refractivity contribution is 0.163. The Kier molecular flexibility index (Phi) is 5.81. The lowest BCUT2D eigenvalue weighted by atomic mass is 10.8. The Bertz CT molecular complexity index is 154. The highest BCUT2D eigenvalue weighted by Crippen LogP contribution is 2.09. The highest BCUT2D eigenvalue weighted by atomic mass is 79.9. The van der Waals surface area contributed by atoms with Crippen molar-refractivity contribution in [3.05, 3.63) is 0 Å². The number of urea groups is 1. The number of halogens is 2. The predicted octanol–water partition coefficient (Wildman–Crippen LogP) is 1.33. The number of hydrogen-bond donors (Lipinski definition) is 1. The van der Waals surface area contributed by atoms with Crippen molar-refractivity contribution in [2.45, 2.75) is 6.92 Å². The summed E-state index contributed by atoms with van der Waals surface area (Å²) in [5.74, 6) is 0. The zero-order valence-corrected chi connectivity index (χ0v) is 10.4. The number of hydrogen-bond acceptors (Lipinski definition) is 3. The smallest absolute Gasteiger partial charge is 0.269 e. The maximum Gasteiger partial charge on any atom is 0.357 e. The fourth-order valence-corrected chi connectivity index (χ4v) is 0.903. The standard InChI is InChI=1S/C5H12Br2N4O/c1-4-10(6)11(7)5(12)8-9(2)3/h4H2,1-3H3,(H,8,12). The van der Waals surface area contributed by atoms with E-state index in [-0.39, 0.29) is 6.03 Å². The number of nitrogens with zero attached hydrogens (tertiary/aromatic N) is 3. The van der Waals surface area contributed by atoms with Crippen molar-refractivity contribution in [2.24, 2.45) is 0 Å². The zero-order valence-electron chi connectivity index (χ0n) is 7.21. The summed E-state index contributed by atoms with van der Waals surface area (Å²) in [5, 5.41) is 1.56. The average Bonchev–Trinajstić information content (AvgIpc) is 2.00. The first-order valence-corrected chi connectivity index (χ1v) is 4.78. The second-order valence-electron chi connectivity index (χ2n) is 2.22. The summed E-state index contributed by atoms with van der Waals surface area (Å²) in [7, 11) is 3.48. The topological polar surface area (TPSA) is 38.8 Å². The van der Waals surface area contributed by atoms with E-state index in [1.807, 2.05) is 6.92 Å². The first kappa shape index (κ1) is 12.2. The van der Waals surface area contributed by atoms with E-state index in [4.69, 9.17) is 0 Å². The van der Waals surface area contributed by atoms with Gasteiger partial charge in [-0.05, 0) is 6.92 Å². The summed E-state index contributed by atoms with van der Waals surface area (Å²) in [5.41, 5.74) is 2.56. The molecular weight excluding hydrogens is 292 g/mol. The van der Waals surface area contributed by atoms with E-state index >= 15 is 0 Å². The minimum atomic E-state index is -0.265. The Hall–Kier alpha value is 0.150. The van der Waals surface area contributed by atoms with Crippen molar-refractivity contribution in [3.63, 3.8) is 0 Å². The lowest BCUT2D eigenvalue weighted by Gasteiger charge is -2.23. The molecule has 72 valence electrons. The molecule has 0 aromatic heterocycles. The molecule has 2 amide bonds. The Labute approximate surface area is 89.3 Å². The van der Waals surface area contributed by atoms with Gasteiger partial charge >= 0.3 is 6.03 Å². The van der Waals surface area contributed by atoms with E-state index < -0.39 is 0 Å². The van der Waals surface area contributed by atoms with Crippen LogP contribution in [0.2, 0.25) is 0 Å². The van der Waals surface area contributed by atoms with Gasteiger partial charge in [0, 0.05) is 36.8 Å². The predicted molar refractivity (Wildman–Crippen MR) is 54.3 cm³/mol. The molecule has 0 radical (unpaired) electrons.